The van der Waals surface area contributed by atoms with E-state index in [9.17, 15) is 4.79 Å². The molecule has 0 bridgehead atoms. The molecule has 0 saturated heterocycles. The second kappa shape index (κ2) is 6.89. The van der Waals surface area contributed by atoms with Crippen LogP contribution < -0.4 is 0 Å². The fourth-order valence-corrected chi connectivity index (χ4v) is 9.25. The summed E-state index contributed by atoms with van der Waals surface area (Å²) >= 11 is 0. The summed E-state index contributed by atoms with van der Waals surface area (Å²) in [6.45, 7) is 18.3. The summed E-state index contributed by atoms with van der Waals surface area (Å²) in [5, 5.41) is 0. The molecule has 0 aromatic heterocycles. The molecule has 0 aromatic carbocycles. The number of carbonyl (C=O) groups excluding carboxylic acids is 1. The first-order chi connectivity index (χ1) is 14.9. The molecule has 2 spiro atoms. The lowest BCUT2D eigenvalue weighted by molar-refractivity contribution is -0.120. The number of hydrogen-bond donors (Lipinski definition) is 0. The molecule has 0 amide bonds. The number of ketones is 1. The molecule has 0 N–H and O–H groups in total. The van der Waals surface area contributed by atoms with Gasteiger partial charge in [0.2, 0.25) is 0 Å². The largest absolute Gasteiger partial charge is 0.500 e. The highest BCUT2D eigenvalue weighted by Gasteiger charge is 2.81. The predicted octanol–water partition coefficient (Wildman–Crippen LogP) is 6.93. The molecular weight excluding hydrogens is 396 g/mol. The Labute approximate surface area is 195 Å². The van der Waals surface area contributed by atoms with Gasteiger partial charge in [0, 0.05) is 17.1 Å². The fourth-order valence-electron chi connectivity index (χ4n) is 9.25. The molecular formula is C29H44O3. The van der Waals surface area contributed by atoms with Crippen LogP contribution >= 0.6 is 0 Å². The van der Waals surface area contributed by atoms with Crippen molar-refractivity contribution in [1.29, 1.82) is 0 Å². The van der Waals surface area contributed by atoms with Gasteiger partial charge in [-0.3, -0.25) is 4.79 Å². The topological polar surface area (TPSA) is 35.5 Å². The lowest BCUT2D eigenvalue weighted by Gasteiger charge is -2.50. The van der Waals surface area contributed by atoms with Crippen molar-refractivity contribution in [2.75, 3.05) is 7.11 Å². The maximum Gasteiger partial charge on any atom is 0.191 e. The molecule has 178 valence electrons. The zero-order valence-electron chi connectivity index (χ0n) is 21.8. The molecule has 0 aromatic rings. The van der Waals surface area contributed by atoms with Crippen molar-refractivity contribution >= 4 is 5.78 Å². The van der Waals surface area contributed by atoms with Gasteiger partial charge >= 0.3 is 0 Å². The van der Waals surface area contributed by atoms with E-state index < -0.39 is 5.41 Å². The van der Waals surface area contributed by atoms with Gasteiger partial charge in [-0.25, -0.2) is 0 Å². The second-order valence-corrected chi connectivity index (χ2v) is 13.1. The quantitative estimate of drug-likeness (QED) is 0.477. The molecule has 1 heterocycles. The van der Waals surface area contributed by atoms with Crippen LogP contribution in [-0.4, -0.2) is 18.5 Å². The Morgan fingerprint density at radius 2 is 1.75 bits per heavy atom. The number of allylic oxidation sites excluding steroid dienone is 2. The van der Waals surface area contributed by atoms with Gasteiger partial charge in [-0.05, 0) is 93.8 Å². The van der Waals surface area contributed by atoms with Gasteiger partial charge in [-0.2, -0.15) is 0 Å². The average Bonchev–Trinajstić information content (AvgIpc) is 3.33. The Morgan fingerprint density at radius 3 is 2.34 bits per heavy atom. The third-order valence-electron chi connectivity index (χ3n) is 10.7. The fraction of sp³-hybridized carbons (Fsp3) is 0.828. The van der Waals surface area contributed by atoms with Crippen molar-refractivity contribution < 1.29 is 14.3 Å². The van der Waals surface area contributed by atoms with Crippen LogP contribution in [0.5, 0.6) is 0 Å². The monoisotopic (exact) mass is 440 g/mol. The Balaban J connectivity index is 1.61. The Morgan fingerprint density at radius 1 is 1.06 bits per heavy atom. The zero-order valence-corrected chi connectivity index (χ0v) is 21.8. The number of ether oxygens (including phenoxy) is 2. The molecule has 0 radical (unpaired) electrons. The second-order valence-electron chi connectivity index (χ2n) is 13.1. The number of methoxy groups -OCH3 is 1. The summed E-state index contributed by atoms with van der Waals surface area (Å²) in [6.07, 6.45) is 6.22. The lowest BCUT2D eigenvalue weighted by Crippen LogP contribution is -2.48. The Bertz CT molecular complexity index is 905. The highest BCUT2D eigenvalue weighted by atomic mass is 16.5. The van der Waals surface area contributed by atoms with Crippen molar-refractivity contribution in [3.8, 4) is 0 Å². The van der Waals surface area contributed by atoms with Gasteiger partial charge in [0.15, 0.2) is 5.78 Å². The summed E-state index contributed by atoms with van der Waals surface area (Å²) < 4.78 is 13.1. The minimum absolute atomic E-state index is 0.105. The van der Waals surface area contributed by atoms with Crippen LogP contribution in [0.25, 0.3) is 0 Å². The summed E-state index contributed by atoms with van der Waals surface area (Å²) in [6, 6.07) is 0. The first-order valence-electron chi connectivity index (χ1n) is 13.2. The number of hydrogen-bond acceptors (Lipinski definition) is 3. The third-order valence-corrected chi connectivity index (χ3v) is 10.7. The van der Waals surface area contributed by atoms with E-state index in [2.05, 4.69) is 48.5 Å². The predicted molar refractivity (Wildman–Crippen MR) is 128 cm³/mol. The molecule has 1 aliphatic heterocycles. The standard InChI is InChI=1S/C29H44O3/c1-15(2)19-11-10-17(5)29-13-12-28(24(29)22(19)29)14-20(16(3)4)21-23(30)18(6)25(31-9)27(7,8)26(21)32-28/h15-17,19-20,22,24H,10-14H2,1-9H3/t17-,19+,20+,22-,24+,28-,29-/m1/s1. The van der Waals surface area contributed by atoms with Crippen LogP contribution in [0.1, 0.15) is 87.5 Å². The first-order valence-corrected chi connectivity index (χ1v) is 13.2. The molecule has 3 fully saturated rings. The smallest absolute Gasteiger partial charge is 0.191 e. The van der Waals surface area contributed by atoms with Gasteiger partial charge < -0.3 is 9.47 Å². The van der Waals surface area contributed by atoms with E-state index in [-0.39, 0.29) is 17.3 Å². The minimum atomic E-state index is -0.401. The van der Waals surface area contributed by atoms with Crippen LogP contribution in [0, 0.1) is 52.3 Å². The maximum atomic E-state index is 13.6. The number of fused-ring (bicyclic) bond motifs is 2. The average molecular weight is 441 g/mol. The molecule has 4 aliphatic carbocycles. The summed E-state index contributed by atoms with van der Waals surface area (Å²) in [5.74, 6) is 6.37. The minimum Gasteiger partial charge on any atom is -0.500 e. The molecule has 3 nitrogen and oxygen atoms in total. The van der Waals surface area contributed by atoms with Crippen molar-refractivity contribution in [1.82, 2.24) is 0 Å². The van der Waals surface area contributed by atoms with E-state index in [1.807, 2.05) is 6.92 Å². The zero-order chi connectivity index (χ0) is 23.4. The Kier molecular flexibility index (Phi) is 4.85. The van der Waals surface area contributed by atoms with E-state index >= 15 is 0 Å². The summed E-state index contributed by atoms with van der Waals surface area (Å²) in [5.41, 5.74) is 1.68. The van der Waals surface area contributed by atoms with Gasteiger partial charge in [0.25, 0.3) is 0 Å². The molecule has 32 heavy (non-hydrogen) atoms. The van der Waals surface area contributed by atoms with E-state index in [0.717, 1.165) is 59.2 Å². The van der Waals surface area contributed by atoms with Crippen molar-refractivity contribution in [3.05, 3.63) is 22.7 Å². The van der Waals surface area contributed by atoms with Gasteiger partial charge in [0.1, 0.15) is 17.1 Å². The third kappa shape index (κ3) is 2.57. The maximum absolute atomic E-state index is 13.6. The molecule has 3 saturated carbocycles. The van der Waals surface area contributed by atoms with Crippen LogP contribution in [0.4, 0.5) is 0 Å². The summed E-state index contributed by atoms with van der Waals surface area (Å²) in [4.78, 5) is 13.6. The highest BCUT2D eigenvalue weighted by molar-refractivity contribution is 6.10. The normalized spacial score (nSPS) is 44.6. The van der Waals surface area contributed by atoms with Crippen LogP contribution in [0.3, 0.4) is 0 Å². The molecule has 5 aliphatic rings. The van der Waals surface area contributed by atoms with E-state index in [1.165, 1.54) is 19.3 Å². The summed E-state index contributed by atoms with van der Waals surface area (Å²) in [7, 11) is 1.70. The van der Waals surface area contributed by atoms with E-state index in [0.29, 0.717) is 17.3 Å². The molecule has 7 atom stereocenters. The van der Waals surface area contributed by atoms with Gasteiger partial charge in [-0.15, -0.1) is 0 Å². The van der Waals surface area contributed by atoms with Crippen LogP contribution in [0.2, 0.25) is 0 Å². The molecule has 5 rings (SSSR count). The van der Waals surface area contributed by atoms with Crippen LogP contribution in [-0.2, 0) is 14.3 Å². The van der Waals surface area contributed by atoms with Crippen molar-refractivity contribution in [2.45, 2.75) is 93.1 Å². The van der Waals surface area contributed by atoms with Crippen molar-refractivity contribution in [3.63, 3.8) is 0 Å². The van der Waals surface area contributed by atoms with Gasteiger partial charge in [-0.1, -0.05) is 34.6 Å². The highest BCUT2D eigenvalue weighted by Crippen LogP contribution is 2.82. The number of rotatable bonds is 3. The first kappa shape index (κ1) is 22.5. The molecule has 3 heteroatoms. The lowest BCUT2D eigenvalue weighted by atomic mass is 9.65. The Hall–Kier alpha value is -1.25. The van der Waals surface area contributed by atoms with Crippen LogP contribution in [0.15, 0.2) is 22.7 Å². The van der Waals surface area contributed by atoms with E-state index in [1.54, 1.807) is 7.11 Å². The van der Waals surface area contributed by atoms with Crippen molar-refractivity contribution in [2.24, 2.45) is 52.3 Å². The van der Waals surface area contributed by atoms with E-state index in [4.69, 9.17) is 9.47 Å². The number of Topliss-reactive ketones (excluding diaryl/α,β-unsaturated/α-hetero) is 1. The molecule has 0 unspecified atom stereocenters. The number of carbonyl (C=O) groups is 1. The SMILES string of the molecule is COC1=C(C)C(=O)C2=C(O[C@]3(CC[C@]45[C@H]([C@H](C(C)C)CC[C@H]4C)[C@@H]35)C[C@H]2C(C)C)C1(C)C. The van der Waals surface area contributed by atoms with Gasteiger partial charge in [0.05, 0.1) is 12.5 Å².